The molecule has 8 heteroatoms. The van der Waals surface area contributed by atoms with Crippen molar-refractivity contribution in [1.29, 1.82) is 0 Å². The summed E-state index contributed by atoms with van der Waals surface area (Å²) in [6.07, 6.45) is 1.92. The van der Waals surface area contributed by atoms with Crippen LogP contribution in [0.3, 0.4) is 0 Å². The second-order valence-corrected chi connectivity index (χ2v) is 9.51. The first-order chi connectivity index (χ1) is 12.4. The average molecular weight is 395 g/mol. The monoisotopic (exact) mass is 394 g/mol. The first-order valence-corrected chi connectivity index (χ1v) is 10.7. The van der Waals surface area contributed by atoms with Crippen LogP contribution < -0.4 is 4.74 Å². The number of thiophene rings is 1. The molecule has 26 heavy (non-hydrogen) atoms. The lowest BCUT2D eigenvalue weighted by molar-refractivity contribution is -0.132. The summed E-state index contributed by atoms with van der Waals surface area (Å²) in [4.78, 5) is 14.6. The van der Waals surface area contributed by atoms with Gasteiger partial charge in [0.2, 0.25) is 5.91 Å². The second kappa shape index (κ2) is 7.77. The van der Waals surface area contributed by atoms with Gasteiger partial charge >= 0.3 is 0 Å². The van der Waals surface area contributed by atoms with Crippen LogP contribution in [0, 0.1) is 0 Å². The lowest BCUT2D eigenvalue weighted by atomic mass is 10.2. The van der Waals surface area contributed by atoms with E-state index in [2.05, 4.69) is 0 Å². The normalized spacial score (nSPS) is 14.4. The van der Waals surface area contributed by atoms with Crippen molar-refractivity contribution in [2.75, 3.05) is 20.7 Å². The zero-order valence-corrected chi connectivity index (χ0v) is 16.4. The van der Waals surface area contributed by atoms with E-state index in [1.807, 2.05) is 24.3 Å². The summed E-state index contributed by atoms with van der Waals surface area (Å²) in [5.74, 6) is 0.589. The first kappa shape index (κ1) is 18.9. The van der Waals surface area contributed by atoms with Crippen molar-refractivity contribution < 1.29 is 17.9 Å². The number of methoxy groups -OCH3 is 1. The number of sulfonamides is 1. The molecule has 0 spiro atoms. The number of amides is 1. The van der Waals surface area contributed by atoms with Crippen molar-refractivity contribution in [3.05, 3.63) is 47.3 Å². The maximum Gasteiger partial charge on any atom is 0.252 e. The van der Waals surface area contributed by atoms with E-state index in [1.165, 1.54) is 7.05 Å². The van der Waals surface area contributed by atoms with Crippen LogP contribution in [0.25, 0.3) is 0 Å². The third kappa shape index (κ3) is 4.25. The molecule has 140 valence electrons. The molecule has 0 atom stereocenters. The van der Waals surface area contributed by atoms with Crippen LogP contribution in [0.15, 0.2) is 46.0 Å². The number of nitrogens with zero attached hydrogens (tertiary/aromatic N) is 2. The van der Waals surface area contributed by atoms with Crippen LogP contribution in [0.2, 0.25) is 0 Å². The molecule has 0 aliphatic heterocycles. The van der Waals surface area contributed by atoms with Crippen molar-refractivity contribution in [2.24, 2.45) is 0 Å². The van der Waals surface area contributed by atoms with Gasteiger partial charge in [-0.2, -0.15) is 4.31 Å². The molecular formula is C18H22N2O4S2. The van der Waals surface area contributed by atoms with Crippen molar-refractivity contribution in [1.82, 2.24) is 9.21 Å². The maximum atomic E-state index is 12.8. The summed E-state index contributed by atoms with van der Waals surface area (Å²) in [5, 5.41) is 1.71. The lowest BCUT2D eigenvalue weighted by Crippen LogP contribution is -2.41. The van der Waals surface area contributed by atoms with Crippen LogP contribution in [-0.2, 0) is 21.4 Å². The van der Waals surface area contributed by atoms with Crippen molar-refractivity contribution in [2.45, 2.75) is 29.6 Å². The summed E-state index contributed by atoms with van der Waals surface area (Å²) in [7, 11) is -0.564. The largest absolute Gasteiger partial charge is 0.497 e. The molecule has 1 fully saturated rings. The van der Waals surface area contributed by atoms with Gasteiger partial charge in [0.1, 0.15) is 9.96 Å². The Bertz CT molecular complexity index is 844. The Balaban J connectivity index is 1.69. The highest BCUT2D eigenvalue weighted by molar-refractivity contribution is 7.91. The van der Waals surface area contributed by atoms with Gasteiger partial charge in [-0.15, -0.1) is 11.3 Å². The molecular weight excluding hydrogens is 372 g/mol. The Morgan fingerprint density at radius 3 is 2.46 bits per heavy atom. The maximum absolute atomic E-state index is 12.8. The number of rotatable bonds is 8. The summed E-state index contributed by atoms with van der Waals surface area (Å²) in [5.41, 5.74) is 0.995. The smallest absolute Gasteiger partial charge is 0.252 e. The Morgan fingerprint density at radius 2 is 1.92 bits per heavy atom. The quantitative estimate of drug-likeness (QED) is 0.690. The van der Waals surface area contributed by atoms with Gasteiger partial charge in [0.05, 0.1) is 13.7 Å². The molecule has 3 rings (SSSR count). The molecule has 1 aliphatic carbocycles. The third-order valence-electron chi connectivity index (χ3n) is 4.34. The first-order valence-electron chi connectivity index (χ1n) is 8.34. The van der Waals surface area contributed by atoms with Gasteiger partial charge in [0, 0.05) is 19.6 Å². The van der Waals surface area contributed by atoms with Gasteiger partial charge in [0.15, 0.2) is 0 Å². The van der Waals surface area contributed by atoms with E-state index in [1.54, 1.807) is 29.5 Å². The highest BCUT2D eigenvalue weighted by Gasteiger charge is 2.34. The number of hydrogen-bond acceptors (Lipinski definition) is 5. The van der Waals surface area contributed by atoms with Crippen LogP contribution in [0.5, 0.6) is 5.75 Å². The van der Waals surface area contributed by atoms with Gasteiger partial charge in [-0.1, -0.05) is 18.2 Å². The zero-order valence-electron chi connectivity index (χ0n) is 14.8. The van der Waals surface area contributed by atoms with E-state index in [4.69, 9.17) is 4.74 Å². The molecule has 1 aromatic heterocycles. The van der Waals surface area contributed by atoms with Crippen molar-refractivity contribution in [3.63, 3.8) is 0 Å². The summed E-state index contributed by atoms with van der Waals surface area (Å²) in [6.45, 7) is 0.313. The zero-order chi connectivity index (χ0) is 18.7. The van der Waals surface area contributed by atoms with E-state index >= 15 is 0 Å². The molecule has 0 N–H and O–H groups in total. The second-order valence-electron chi connectivity index (χ2n) is 6.29. The Hall–Kier alpha value is -1.90. The van der Waals surface area contributed by atoms with E-state index in [9.17, 15) is 13.2 Å². The molecule has 1 saturated carbocycles. The topological polar surface area (TPSA) is 66.9 Å². The van der Waals surface area contributed by atoms with Gasteiger partial charge in [-0.3, -0.25) is 4.79 Å². The number of benzene rings is 1. The predicted molar refractivity (Wildman–Crippen MR) is 101 cm³/mol. The fourth-order valence-corrected chi connectivity index (χ4v) is 4.99. The average Bonchev–Trinajstić information content (AvgIpc) is 3.31. The minimum Gasteiger partial charge on any atom is -0.497 e. The highest BCUT2D eigenvalue weighted by Crippen LogP contribution is 2.29. The number of likely N-dealkylation sites (N-methyl/N-ethyl adjacent to an activating group) is 1. The summed E-state index contributed by atoms with van der Waals surface area (Å²) >= 11 is 1.15. The van der Waals surface area contributed by atoms with Crippen molar-refractivity contribution in [3.8, 4) is 5.75 Å². The van der Waals surface area contributed by atoms with Crippen LogP contribution in [0.1, 0.15) is 18.4 Å². The van der Waals surface area contributed by atoms with Crippen molar-refractivity contribution >= 4 is 27.3 Å². The molecule has 1 amide bonds. The van der Waals surface area contributed by atoms with E-state index < -0.39 is 10.0 Å². The Kier molecular flexibility index (Phi) is 5.64. The standard InChI is InChI=1S/C18H22N2O4S2/c1-19(26(22,23)18-4-3-11-25-18)13-17(21)20(15-7-8-15)12-14-5-9-16(24-2)10-6-14/h3-6,9-11,15H,7-8,12-13H2,1-2H3. The van der Waals surface area contributed by atoms with Gasteiger partial charge in [-0.05, 0) is 42.0 Å². The minimum atomic E-state index is -3.62. The molecule has 0 saturated heterocycles. The molecule has 1 heterocycles. The molecule has 0 bridgehead atoms. The number of carbonyl (C=O) groups is 1. The molecule has 6 nitrogen and oxygen atoms in total. The fraction of sp³-hybridized carbons (Fsp3) is 0.389. The van der Waals surface area contributed by atoms with Gasteiger partial charge < -0.3 is 9.64 Å². The SMILES string of the molecule is COc1ccc(CN(C(=O)CN(C)S(=O)(=O)c2cccs2)C2CC2)cc1. The molecule has 2 aromatic rings. The van der Waals surface area contributed by atoms with Gasteiger partial charge in [0.25, 0.3) is 10.0 Å². The van der Waals surface area contributed by atoms with E-state index in [0.717, 1.165) is 39.8 Å². The number of ether oxygens (including phenoxy) is 1. The Labute approximate surface area is 158 Å². The molecule has 1 aromatic carbocycles. The predicted octanol–water partition coefficient (Wildman–Crippen LogP) is 2.57. The molecule has 0 unspecified atom stereocenters. The van der Waals surface area contributed by atoms with Crippen LogP contribution >= 0.6 is 11.3 Å². The number of hydrogen-bond donors (Lipinski definition) is 0. The van der Waals surface area contributed by atoms with Gasteiger partial charge in [-0.25, -0.2) is 8.42 Å². The third-order valence-corrected chi connectivity index (χ3v) is 7.51. The minimum absolute atomic E-state index is 0.160. The summed E-state index contributed by atoms with van der Waals surface area (Å²) in [6, 6.07) is 11.0. The molecule has 0 radical (unpaired) electrons. The Morgan fingerprint density at radius 1 is 1.23 bits per heavy atom. The lowest BCUT2D eigenvalue weighted by Gasteiger charge is -2.25. The summed E-state index contributed by atoms with van der Waals surface area (Å²) < 4.78 is 31.6. The van der Waals surface area contributed by atoms with Crippen LogP contribution in [-0.4, -0.2) is 50.3 Å². The van der Waals surface area contributed by atoms with E-state index in [0.29, 0.717) is 6.54 Å². The fourth-order valence-electron chi connectivity index (χ4n) is 2.66. The highest BCUT2D eigenvalue weighted by atomic mass is 32.2. The number of carbonyl (C=O) groups excluding carboxylic acids is 1. The van der Waals surface area contributed by atoms with Crippen LogP contribution in [0.4, 0.5) is 0 Å². The molecule has 1 aliphatic rings. The van der Waals surface area contributed by atoms with E-state index in [-0.39, 0.29) is 22.7 Å².